The molecular weight excluding hydrogens is 312 g/mol. The van der Waals surface area contributed by atoms with Gasteiger partial charge in [-0.2, -0.15) is 0 Å². The van der Waals surface area contributed by atoms with E-state index in [9.17, 15) is 22.4 Å². The molecule has 0 heterocycles. The highest BCUT2D eigenvalue weighted by atomic mass is 35.5. The molecule has 21 heavy (non-hydrogen) atoms. The van der Waals surface area contributed by atoms with Crippen LogP contribution in [0.5, 0.6) is 0 Å². The zero-order chi connectivity index (χ0) is 14.9. The maximum absolute atomic E-state index is 13.5. The molecule has 1 aromatic carbocycles. The Morgan fingerprint density at radius 3 is 2.43 bits per heavy atom. The molecule has 8 heteroatoms. The van der Waals surface area contributed by atoms with Crippen LogP contribution < -0.4 is 11.1 Å². The van der Waals surface area contributed by atoms with Crippen LogP contribution in [-0.2, 0) is 4.79 Å². The molecular formula is C13H15ClF4N2O. The Morgan fingerprint density at radius 1 is 1.33 bits per heavy atom. The third-order valence-electron chi connectivity index (χ3n) is 3.32. The number of hydrogen-bond donors (Lipinski definition) is 2. The topological polar surface area (TPSA) is 55.1 Å². The summed E-state index contributed by atoms with van der Waals surface area (Å²) in [7, 11) is 0. The summed E-state index contributed by atoms with van der Waals surface area (Å²) < 4.78 is 52.8. The largest absolute Gasteiger partial charge is 0.350 e. The molecule has 1 aliphatic rings. The van der Waals surface area contributed by atoms with E-state index in [0.29, 0.717) is 0 Å². The van der Waals surface area contributed by atoms with Crippen molar-refractivity contribution in [2.45, 2.75) is 18.3 Å². The molecule has 0 radical (unpaired) electrons. The quantitative estimate of drug-likeness (QED) is 0.815. The molecule has 118 valence electrons. The van der Waals surface area contributed by atoms with Gasteiger partial charge in [0.2, 0.25) is 5.91 Å². The Morgan fingerprint density at radius 2 is 1.90 bits per heavy atom. The fraction of sp³-hybridized carbons (Fsp3) is 0.462. The number of hydrogen-bond acceptors (Lipinski definition) is 2. The van der Waals surface area contributed by atoms with Crippen molar-refractivity contribution in [1.29, 1.82) is 0 Å². The first-order valence-corrected chi connectivity index (χ1v) is 6.15. The summed E-state index contributed by atoms with van der Waals surface area (Å²) in [6.45, 7) is -1.74. The number of nitrogens with two attached hydrogens (primary N) is 1. The van der Waals surface area contributed by atoms with Crippen LogP contribution in [0.15, 0.2) is 18.2 Å². The lowest BCUT2D eigenvalue weighted by Gasteiger charge is -2.14. The second kappa shape index (κ2) is 6.62. The van der Waals surface area contributed by atoms with Gasteiger partial charge in [-0.3, -0.25) is 4.79 Å². The molecule has 1 aliphatic carbocycles. The Hall–Kier alpha value is -1.34. The normalized spacial score (nSPS) is 20.6. The minimum atomic E-state index is -3.18. The van der Waals surface area contributed by atoms with E-state index >= 15 is 0 Å². The number of carbonyl (C=O) groups is 1. The average molecular weight is 327 g/mol. The fourth-order valence-electron chi connectivity index (χ4n) is 2.09. The number of benzene rings is 1. The molecule has 3 N–H and O–H groups in total. The highest BCUT2D eigenvalue weighted by molar-refractivity contribution is 5.85. The molecule has 0 saturated heterocycles. The molecule has 0 spiro atoms. The lowest BCUT2D eigenvalue weighted by atomic mass is 10.1. The average Bonchev–Trinajstić information content (AvgIpc) is 3.16. The maximum Gasteiger partial charge on any atom is 0.277 e. The number of rotatable bonds is 5. The van der Waals surface area contributed by atoms with Gasteiger partial charge in [0.05, 0.1) is 13.1 Å². The van der Waals surface area contributed by atoms with E-state index in [0.717, 1.165) is 12.1 Å². The van der Waals surface area contributed by atoms with Gasteiger partial charge in [-0.1, -0.05) is 6.07 Å². The van der Waals surface area contributed by atoms with Crippen molar-refractivity contribution in [2.24, 2.45) is 11.7 Å². The Bertz CT molecular complexity index is 507. The first-order valence-electron chi connectivity index (χ1n) is 6.15. The highest BCUT2D eigenvalue weighted by Gasteiger charge is 2.47. The highest BCUT2D eigenvalue weighted by Crippen LogP contribution is 2.49. The summed E-state index contributed by atoms with van der Waals surface area (Å²) in [6, 6.07) is 3.44. The second-order valence-electron chi connectivity index (χ2n) is 4.86. The molecule has 0 bridgehead atoms. The first-order chi connectivity index (χ1) is 9.35. The second-order valence-corrected chi connectivity index (χ2v) is 4.86. The van der Waals surface area contributed by atoms with Gasteiger partial charge in [0.15, 0.2) is 0 Å². The van der Waals surface area contributed by atoms with Crippen LogP contribution >= 0.6 is 12.4 Å². The SMILES string of the molecule is Cl.NCC(F)(F)CNC(=O)C1CC1c1c(F)cccc1F. The number of carbonyl (C=O) groups excluding carboxylic acids is 1. The lowest BCUT2D eigenvalue weighted by Crippen LogP contribution is -2.42. The third-order valence-corrected chi connectivity index (χ3v) is 3.32. The molecule has 2 atom stereocenters. The Labute approximate surface area is 125 Å². The van der Waals surface area contributed by atoms with E-state index in [-0.39, 0.29) is 24.4 Å². The van der Waals surface area contributed by atoms with Crippen molar-refractivity contribution < 1.29 is 22.4 Å². The van der Waals surface area contributed by atoms with Gasteiger partial charge >= 0.3 is 0 Å². The number of amides is 1. The number of halogens is 5. The zero-order valence-electron chi connectivity index (χ0n) is 10.9. The van der Waals surface area contributed by atoms with Crippen molar-refractivity contribution in [3.8, 4) is 0 Å². The van der Waals surface area contributed by atoms with Crippen LogP contribution in [0.1, 0.15) is 17.9 Å². The van der Waals surface area contributed by atoms with Crippen molar-refractivity contribution in [1.82, 2.24) is 5.32 Å². The summed E-state index contributed by atoms with van der Waals surface area (Å²) >= 11 is 0. The van der Waals surface area contributed by atoms with Gasteiger partial charge in [-0.25, -0.2) is 17.6 Å². The van der Waals surface area contributed by atoms with Crippen LogP contribution in [0.4, 0.5) is 17.6 Å². The predicted octanol–water partition coefficient (Wildman–Crippen LogP) is 2.20. The lowest BCUT2D eigenvalue weighted by molar-refractivity contribution is -0.124. The molecule has 2 unspecified atom stereocenters. The summed E-state index contributed by atoms with van der Waals surface area (Å²) in [5.74, 6) is -6.53. The first kappa shape index (κ1) is 17.7. The van der Waals surface area contributed by atoms with Crippen molar-refractivity contribution in [3.05, 3.63) is 35.4 Å². The van der Waals surface area contributed by atoms with Gasteiger partial charge < -0.3 is 11.1 Å². The summed E-state index contributed by atoms with van der Waals surface area (Å²) in [6.07, 6.45) is 0.248. The summed E-state index contributed by atoms with van der Waals surface area (Å²) in [4.78, 5) is 11.6. The van der Waals surface area contributed by atoms with Crippen LogP contribution in [0.2, 0.25) is 0 Å². The standard InChI is InChI=1S/C13H14F4N2O.ClH/c14-9-2-1-3-10(15)11(9)7-4-8(7)12(20)19-6-13(16,17)5-18;/h1-3,7-8H,4-6,18H2,(H,19,20);1H. The zero-order valence-corrected chi connectivity index (χ0v) is 11.7. The Kier molecular flexibility index (Phi) is 5.58. The minimum absolute atomic E-state index is 0. The molecule has 1 fully saturated rings. The van der Waals surface area contributed by atoms with E-state index in [1.54, 1.807) is 0 Å². The maximum atomic E-state index is 13.5. The van der Waals surface area contributed by atoms with Crippen LogP contribution in [0.3, 0.4) is 0 Å². The third kappa shape index (κ3) is 4.07. The predicted molar refractivity (Wildman–Crippen MR) is 71.5 cm³/mol. The smallest absolute Gasteiger partial charge is 0.277 e. The van der Waals surface area contributed by atoms with Crippen LogP contribution in [0.25, 0.3) is 0 Å². The van der Waals surface area contributed by atoms with E-state index < -0.39 is 48.4 Å². The van der Waals surface area contributed by atoms with Crippen molar-refractivity contribution in [2.75, 3.05) is 13.1 Å². The number of nitrogens with one attached hydrogen (secondary N) is 1. The van der Waals surface area contributed by atoms with Crippen LogP contribution in [-0.4, -0.2) is 24.9 Å². The molecule has 1 saturated carbocycles. The molecule has 2 rings (SSSR count). The molecule has 0 aromatic heterocycles. The van der Waals surface area contributed by atoms with Gasteiger partial charge in [0, 0.05) is 17.4 Å². The van der Waals surface area contributed by atoms with E-state index in [4.69, 9.17) is 5.73 Å². The minimum Gasteiger partial charge on any atom is -0.350 e. The van der Waals surface area contributed by atoms with Gasteiger partial charge in [-0.05, 0) is 18.6 Å². The van der Waals surface area contributed by atoms with Crippen molar-refractivity contribution >= 4 is 18.3 Å². The van der Waals surface area contributed by atoms with Gasteiger partial charge in [0.1, 0.15) is 11.6 Å². The fourth-order valence-corrected chi connectivity index (χ4v) is 2.09. The monoisotopic (exact) mass is 326 g/mol. The Balaban J connectivity index is 0.00000220. The van der Waals surface area contributed by atoms with Crippen LogP contribution in [0, 0.1) is 17.6 Å². The molecule has 1 aromatic rings. The summed E-state index contributed by atoms with van der Waals surface area (Å²) in [5.41, 5.74) is 4.69. The van der Waals surface area contributed by atoms with Crippen molar-refractivity contribution in [3.63, 3.8) is 0 Å². The number of alkyl halides is 2. The molecule has 1 amide bonds. The van der Waals surface area contributed by atoms with E-state index in [2.05, 4.69) is 5.32 Å². The summed E-state index contributed by atoms with van der Waals surface area (Å²) in [5, 5.41) is 2.06. The molecule has 0 aliphatic heterocycles. The van der Waals surface area contributed by atoms with E-state index in [1.807, 2.05) is 0 Å². The van der Waals surface area contributed by atoms with Gasteiger partial charge in [-0.15, -0.1) is 12.4 Å². The van der Waals surface area contributed by atoms with E-state index in [1.165, 1.54) is 6.07 Å². The molecule has 3 nitrogen and oxygen atoms in total. The van der Waals surface area contributed by atoms with Gasteiger partial charge in [0.25, 0.3) is 5.92 Å².